The van der Waals surface area contributed by atoms with Gasteiger partial charge in [0.2, 0.25) is 0 Å². The number of hydrogen-bond acceptors (Lipinski definition) is 8. The van der Waals surface area contributed by atoms with E-state index < -0.39 is 26.5 Å². The Morgan fingerprint density at radius 1 is 0.463 bits per heavy atom. The van der Waals surface area contributed by atoms with E-state index in [4.69, 9.17) is 24.3 Å². The van der Waals surface area contributed by atoms with Gasteiger partial charge in [-0.1, -0.05) is 248 Å². The average Bonchev–Trinajstić information content (AvgIpc) is 3.32. The predicted octanol–water partition coefficient (Wildman–Crippen LogP) is 17.2. The Morgan fingerprint density at radius 2 is 0.821 bits per heavy atom. The van der Waals surface area contributed by atoms with Crippen LogP contribution in [0.4, 0.5) is 0 Å². The molecule has 0 rings (SSSR count). The topological polar surface area (TPSA) is 134 Å². The fraction of sp³-hybridized carbons (Fsp3) is 0.789. The molecule has 3 N–H and O–H groups in total. The van der Waals surface area contributed by atoms with Crippen molar-refractivity contribution in [1.82, 2.24) is 0 Å². The van der Waals surface area contributed by atoms with Gasteiger partial charge in [-0.15, -0.1) is 0 Å². The van der Waals surface area contributed by atoms with Gasteiger partial charge in [0.25, 0.3) is 0 Å². The fourth-order valence-electron chi connectivity index (χ4n) is 7.84. The van der Waals surface area contributed by atoms with Crippen molar-refractivity contribution in [3.05, 3.63) is 60.8 Å². The molecule has 67 heavy (non-hydrogen) atoms. The van der Waals surface area contributed by atoms with Crippen LogP contribution in [0.1, 0.15) is 258 Å². The lowest BCUT2D eigenvalue weighted by Crippen LogP contribution is -2.29. The molecule has 0 saturated heterocycles. The minimum atomic E-state index is -4.37. The number of nitrogens with two attached hydrogens (primary N) is 1. The van der Waals surface area contributed by atoms with Crippen molar-refractivity contribution in [2.24, 2.45) is 5.73 Å². The summed E-state index contributed by atoms with van der Waals surface area (Å²) in [6.45, 7) is 3.59. The maximum Gasteiger partial charge on any atom is 0.472 e. The Balaban J connectivity index is 3.68. The summed E-state index contributed by atoms with van der Waals surface area (Å²) in [5.74, 6) is -0.826. The molecule has 10 heteroatoms. The molecule has 0 amide bonds. The van der Waals surface area contributed by atoms with E-state index in [-0.39, 0.29) is 38.6 Å². The molecular weight excluding hydrogens is 858 g/mol. The van der Waals surface area contributed by atoms with Crippen LogP contribution in [0.25, 0.3) is 0 Å². The van der Waals surface area contributed by atoms with Crippen molar-refractivity contribution < 1.29 is 37.6 Å². The maximum atomic E-state index is 12.6. The Kier molecular flexibility index (Phi) is 51.3. The zero-order valence-corrected chi connectivity index (χ0v) is 44.3. The highest BCUT2D eigenvalue weighted by Crippen LogP contribution is 2.43. The van der Waals surface area contributed by atoms with Crippen LogP contribution in [0.5, 0.6) is 0 Å². The van der Waals surface area contributed by atoms with Crippen LogP contribution in [-0.2, 0) is 32.7 Å². The first kappa shape index (κ1) is 64.7. The van der Waals surface area contributed by atoms with E-state index in [0.717, 1.165) is 64.2 Å². The number of phosphoric acid groups is 1. The van der Waals surface area contributed by atoms with Crippen molar-refractivity contribution >= 4 is 19.8 Å². The van der Waals surface area contributed by atoms with Crippen molar-refractivity contribution in [3.8, 4) is 0 Å². The highest BCUT2D eigenvalue weighted by atomic mass is 31.2. The van der Waals surface area contributed by atoms with Crippen LogP contribution in [0.3, 0.4) is 0 Å². The van der Waals surface area contributed by atoms with Crippen LogP contribution in [0, 0.1) is 0 Å². The molecule has 0 aromatic heterocycles. The zero-order chi connectivity index (χ0) is 48.8. The summed E-state index contributed by atoms with van der Waals surface area (Å²) < 4.78 is 32.7. The highest BCUT2D eigenvalue weighted by Gasteiger charge is 2.26. The van der Waals surface area contributed by atoms with Gasteiger partial charge in [-0.2, -0.15) is 0 Å². The van der Waals surface area contributed by atoms with Gasteiger partial charge in [0.15, 0.2) is 6.10 Å². The second-order valence-corrected chi connectivity index (χ2v) is 19.9. The van der Waals surface area contributed by atoms with Crippen molar-refractivity contribution in [3.63, 3.8) is 0 Å². The van der Waals surface area contributed by atoms with E-state index >= 15 is 0 Å². The van der Waals surface area contributed by atoms with Crippen LogP contribution < -0.4 is 5.73 Å². The number of phosphoric ester groups is 1. The molecule has 0 aromatic carbocycles. The normalized spacial score (nSPS) is 13.6. The quantitative estimate of drug-likeness (QED) is 0.0264. The Bertz CT molecular complexity index is 1280. The van der Waals surface area contributed by atoms with Crippen LogP contribution in [-0.4, -0.2) is 49.3 Å². The van der Waals surface area contributed by atoms with Crippen molar-refractivity contribution in [2.45, 2.75) is 264 Å². The molecule has 0 aromatic rings. The molecule has 0 spiro atoms. The minimum Gasteiger partial charge on any atom is -0.462 e. The summed E-state index contributed by atoms with van der Waals surface area (Å²) in [4.78, 5) is 34.8. The van der Waals surface area contributed by atoms with E-state index in [1.165, 1.54) is 161 Å². The molecule has 0 saturated carbocycles. The average molecular weight is 962 g/mol. The Labute approximate surface area is 412 Å². The largest absolute Gasteiger partial charge is 0.472 e. The van der Waals surface area contributed by atoms with Gasteiger partial charge in [0, 0.05) is 19.4 Å². The number of carbonyl (C=O) groups is 2. The van der Waals surface area contributed by atoms with E-state index in [0.29, 0.717) is 6.42 Å². The summed E-state index contributed by atoms with van der Waals surface area (Å²) in [6.07, 6.45) is 66.2. The molecule has 0 heterocycles. The third-order valence-corrected chi connectivity index (χ3v) is 12.9. The van der Waals surface area contributed by atoms with E-state index in [1.807, 2.05) is 0 Å². The molecule has 0 bridgehead atoms. The number of unbranched alkanes of at least 4 members (excludes halogenated alkanes) is 29. The lowest BCUT2D eigenvalue weighted by molar-refractivity contribution is -0.161. The van der Waals surface area contributed by atoms with Crippen LogP contribution in [0.15, 0.2) is 60.8 Å². The fourth-order valence-corrected chi connectivity index (χ4v) is 8.61. The number of esters is 2. The molecule has 390 valence electrons. The molecule has 2 unspecified atom stereocenters. The van der Waals surface area contributed by atoms with Crippen molar-refractivity contribution in [2.75, 3.05) is 26.4 Å². The van der Waals surface area contributed by atoms with Crippen molar-refractivity contribution in [1.29, 1.82) is 0 Å². The first-order chi connectivity index (χ1) is 32.8. The van der Waals surface area contributed by atoms with E-state index in [2.05, 4.69) is 74.6 Å². The SMILES string of the molecule is CC/C=C\C/C=C\C/C=C\C/C=C\C/C=C\CCCCCCCCCCCCCCCCCCCCCCCCCC(=O)OC(COC(=O)CCCCCCCCC)COP(=O)(O)OCCN. The maximum absolute atomic E-state index is 12.6. The summed E-state index contributed by atoms with van der Waals surface area (Å²) in [5.41, 5.74) is 5.35. The van der Waals surface area contributed by atoms with Crippen LogP contribution >= 0.6 is 7.82 Å². The third kappa shape index (κ3) is 52.9. The number of allylic oxidation sites excluding steroid dienone is 10. The molecule has 2 atom stereocenters. The molecule has 0 aliphatic heterocycles. The van der Waals surface area contributed by atoms with Gasteiger partial charge in [0.05, 0.1) is 13.2 Å². The van der Waals surface area contributed by atoms with Gasteiger partial charge in [0.1, 0.15) is 6.61 Å². The van der Waals surface area contributed by atoms with Gasteiger partial charge < -0.3 is 20.1 Å². The second kappa shape index (κ2) is 53.1. The number of ether oxygens (including phenoxy) is 2. The lowest BCUT2D eigenvalue weighted by atomic mass is 10.0. The van der Waals surface area contributed by atoms with Crippen LogP contribution in [0.2, 0.25) is 0 Å². The minimum absolute atomic E-state index is 0.0549. The Hall–Kier alpha value is -2.29. The second-order valence-electron chi connectivity index (χ2n) is 18.4. The van der Waals surface area contributed by atoms with E-state index in [9.17, 15) is 19.0 Å². The van der Waals surface area contributed by atoms with Gasteiger partial charge in [-0.25, -0.2) is 4.57 Å². The van der Waals surface area contributed by atoms with Gasteiger partial charge >= 0.3 is 19.8 Å². The number of hydrogen-bond donors (Lipinski definition) is 2. The molecule has 9 nitrogen and oxygen atoms in total. The number of rotatable bonds is 52. The number of carbonyl (C=O) groups excluding carboxylic acids is 2. The molecular formula is C57H104NO8P. The molecule has 0 aliphatic rings. The van der Waals surface area contributed by atoms with Gasteiger partial charge in [-0.3, -0.25) is 18.6 Å². The molecule has 0 aliphatic carbocycles. The molecule has 0 radical (unpaired) electrons. The monoisotopic (exact) mass is 962 g/mol. The zero-order valence-electron chi connectivity index (χ0n) is 43.4. The summed E-state index contributed by atoms with van der Waals surface area (Å²) >= 11 is 0. The van der Waals surface area contributed by atoms with Gasteiger partial charge in [-0.05, 0) is 57.8 Å². The molecule has 0 fully saturated rings. The first-order valence-corrected chi connectivity index (χ1v) is 29.3. The smallest absolute Gasteiger partial charge is 0.462 e. The lowest BCUT2D eigenvalue weighted by Gasteiger charge is -2.19. The third-order valence-electron chi connectivity index (χ3n) is 11.9. The predicted molar refractivity (Wildman–Crippen MR) is 284 cm³/mol. The van der Waals surface area contributed by atoms with E-state index in [1.54, 1.807) is 0 Å². The standard InChI is InChI=1S/C57H104NO8P/c1-3-5-7-9-11-12-13-14-15-16-17-18-19-20-21-22-23-24-25-26-27-28-29-30-31-32-33-34-35-36-37-38-39-40-41-42-44-46-48-50-57(60)66-55(54-65-67(61,62)64-52-51-58)53-63-56(59)49-47-45-43-10-8-6-4-2/h5,7,11-12,14-15,17-18,20-21,55H,3-4,6,8-10,13,16,19,22-54,58H2,1-2H3,(H,61,62)/b7-5-,12-11-,15-14-,18-17-,21-20-. The summed E-state index contributed by atoms with van der Waals surface area (Å²) in [6, 6.07) is 0. The summed E-state index contributed by atoms with van der Waals surface area (Å²) in [5, 5.41) is 0. The summed E-state index contributed by atoms with van der Waals surface area (Å²) in [7, 11) is -4.37. The Morgan fingerprint density at radius 3 is 1.22 bits per heavy atom. The highest BCUT2D eigenvalue weighted by molar-refractivity contribution is 7.47. The first-order valence-electron chi connectivity index (χ1n) is 27.8.